The van der Waals surface area contributed by atoms with Gasteiger partial charge in [-0.15, -0.1) is 0 Å². The lowest BCUT2D eigenvalue weighted by molar-refractivity contribution is -0.117. The van der Waals surface area contributed by atoms with Gasteiger partial charge in [-0.2, -0.15) is 15.2 Å². The van der Waals surface area contributed by atoms with Crippen LogP contribution in [0.4, 0.5) is 0 Å². The van der Waals surface area contributed by atoms with Crippen molar-refractivity contribution in [3.8, 4) is 17.6 Å². The molecule has 16 nitrogen and oxygen atoms in total. The standard InChI is InChI=1S/C44H55N8O8P/c1-29(2)52(30(3)4)61(58-25-13-24-45)60-38-36(59-42(39(38)56-9)51-28-46-37-40(51)48-43(49-41(37)53)47-27-50(5)6)26-57-44(31-14-11-10-12-15-31,32-16-20-34(54-7)21-17-32)33-18-22-35(55-8)23-19-33/h10-12,14-23,27-30,36-39,42H,13,25-26H2,1-9H3. The zero-order valence-corrected chi connectivity index (χ0v) is 37.0. The van der Waals surface area contributed by atoms with E-state index in [0.29, 0.717) is 17.3 Å². The Labute approximate surface area is 359 Å². The normalized spacial score (nSPS) is 21.9. The highest BCUT2D eigenvalue weighted by atomic mass is 31.2. The zero-order valence-electron chi connectivity index (χ0n) is 36.1. The zero-order chi connectivity index (χ0) is 43.7. The summed E-state index contributed by atoms with van der Waals surface area (Å²) in [6.45, 7) is 8.44. The van der Waals surface area contributed by atoms with Crippen LogP contribution in [0.3, 0.4) is 0 Å². The highest BCUT2D eigenvalue weighted by molar-refractivity contribution is 7.44. The molecule has 3 aliphatic rings. The number of fused-ring (bicyclic) bond motifs is 1. The minimum atomic E-state index is -1.78. The molecule has 6 atom stereocenters. The van der Waals surface area contributed by atoms with Crippen LogP contribution in [-0.2, 0) is 33.7 Å². The first-order valence-corrected chi connectivity index (χ1v) is 21.2. The molecule has 3 aromatic rings. The Kier molecular flexibility index (Phi) is 15.4. The largest absolute Gasteiger partial charge is 0.497 e. The molecular formula is C44H55N8O8P. The van der Waals surface area contributed by atoms with Gasteiger partial charge >= 0.3 is 0 Å². The number of hydrogen-bond acceptors (Lipinski definition) is 14. The summed E-state index contributed by atoms with van der Waals surface area (Å²) in [6.07, 6.45) is -0.0649. The first-order chi connectivity index (χ1) is 29.4. The van der Waals surface area contributed by atoms with Gasteiger partial charge in [-0.05, 0) is 68.7 Å². The SMILES string of the molecule is COc1ccc(C(OCC2OC(N3C=NC4C(=O)N=C(N=CN(C)C)N=C43)C(OC)C2OP(OCCC#N)N(C(C)C)C(C)C)(c2ccccc2)c2ccc(OC)cc2)cc1. The maximum absolute atomic E-state index is 13.3. The number of amides is 1. The van der Waals surface area contributed by atoms with E-state index in [1.54, 1.807) is 31.1 Å². The number of carbonyl (C=O) groups excluding carboxylic acids is 1. The van der Waals surface area contributed by atoms with Crippen molar-refractivity contribution >= 4 is 38.9 Å². The third-order valence-electron chi connectivity index (χ3n) is 10.3. The fourth-order valence-electron chi connectivity index (χ4n) is 7.53. The predicted octanol–water partition coefficient (Wildman–Crippen LogP) is 6.01. The molecule has 1 fully saturated rings. The van der Waals surface area contributed by atoms with E-state index in [1.165, 1.54) is 12.7 Å². The number of amidine groups is 1. The second-order valence-corrected chi connectivity index (χ2v) is 16.6. The summed E-state index contributed by atoms with van der Waals surface area (Å²) in [5.41, 5.74) is 1.36. The van der Waals surface area contributed by atoms with Gasteiger partial charge in [-0.3, -0.25) is 14.7 Å². The first kappa shape index (κ1) is 45.4. The topological polar surface area (TPSA) is 165 Å². The van der Waals surface area contributed by atoms with Gasteiger partial charge in [0.05, 0.1) is 52.6 Å². The second-order valence-electron chi connectivity index (χ2n) is 15.2. The van der Waals surface area contributed by atoms with Crippen LogP contribution in [0.15, 0.2) is 98.8 Å². The lowest BCUT2D eigenvalue weighted by Gasteiger charge is -2.39. The fourth-order valence-corrected chi connectivity index (χ4v) is 9.30. The van der Waals surface area contributed by atoms with Crippen LogP contribution in [0.5, 0.6) is 11.5 Å². The van der Waals surface area contributed by atoms with Crippen molar-refractivity contribution in [2.24, 2.45) is 20.0 Å². The molecule has 0 radical (unpaired) electrons. The van der Waals surface area contributed by atoms with E-state index in [9.17, 15) is 10.1 Å². The number of nitrogens with zero attached hydrogens (tertiary/aromatic N) is 8. The van der Waals surface area contributed by atoms with Gasteiger partial charge in [0.2, 0.25) is 0 Å². The van der Waals surface area contributed by atoms with Crippen LogP contribution in [0.2, 0.25) is 0 Å². The average Bonchev–Trinajstić information content (AvgIpc) is 3.84. The van der Waals surface area contributed by atoms with Crippen LogP contribution >= 0.6 is 8.53 Å². The first-order valence-electron chi connectivity index (χ1n) is 20.1. The van der Waals surface area contributed by atoms with E-state index >= 15 is 0 Å². The molecule has 61 heavy (non-hydrogen) atoms. The molecule has 6 rings (SSSR count). The second kappa shape index (κ2) is 20.6. The van der Waals surface area contributed by atoms with Gasteiger partial charge in [0.15, 0.2) is 18.1 Å². The van der Waals surface area contributed by atoms with Crippen molar-refractivity contribution in [1.82, 2.24) is 14.5 Å². The smallest absolute Gasteiger partial charge is 0.281 e. The summed E-state index contributed by atoms with van der Waals surface area (Å²) in [5.74, 6) is 1.18. The van der Waals surface area contributed by atoms with Crippen molar-refractivity contribution in [2.75, 3.05) is 48.6 Å². The number of nitriles is 1. The van der Waals surface area contributed by atoms with E-state index < -0.39 is 50.6 Å². The molecule has 0 saturated carbocycles. The van der Waals surface area contributed by atoms with Crippen molar-refractivity contribution in [1.29, 1.82) is 5.26 Å². The summed E-state index contributed by atoms with van der Waals surface area (Å²) in [7, 11) is 6.68. The molecular weight excluding hydrogens is 800 g/mol. The molecule has 324 valence electrons. The van der Waals surface area contributed by atoms with Gasteiger partial charge in [0, 0.05) is 33.3 Å². The van der Waals surface area contributed by atoms with E-state index in [1.807, 2.05) is 93.0 Å². The highest BCUT2D eigenvalue weighted by Crippen LogP contribution is 2.50. The Balaban J connectivity index is 1.46. The van der Waals surface area contributed by atoms with Gasteiger partial charge < -0.3 is 37.6 Å². The van der Waals surface area contributed by atoms with Gasteiger partial charge in [0.1, 0.15) is 35.4 Å². The maximum atomic E-state index is 13.3. The summed E-state index contributed by atoms with van der Waals surface area (Å²) in [6, 6.07) is 26.8. The Morgan fingerprint density at radius 2 is 1.51 bits per heavy atom. The summed E-state index contributed by atoms with van der Waals surface area (Å²) in [4.78, 5) is 34.2. The number of benzene rings is 3. The number of hydrogen-bond donors (Lipinski definition) is 0. The monoisotopic (exact) mass is 854 g/mol. The number of guanidine groups is 1. The Morgan fingerprint density at radius 1 is 0.902 bits per heavy atom. The molecule has 0 bridgehead atoms. The predicted molar refractivity (Wildman–Crippen MR) is 234 cm³/mol. The molecule has 0 aromatic heterocycles. The molecule has 0 spiro atoms. The lowest BCUT2D eigenvalue weighted by atomic mass is 9.80. The minimum absolute atomic E-state index is 0.00866. The van der Waals surface area contributed by atoms with Crippen LogP contribution in [0, 0.1) is 11.3 Å². The van der Waals surface area contributed by atoms with Gasteiger partial charge in [-0.25, -0.2) is 9.66 Å². The van der Waals surface area contributed by atoms with E-state index in [2.05, 4.69) is 58.4 Å². The van der Waals surface area contributed by atoms with Gasteiger partial charge in [-0.1, -0.05) is 54.6 Å². The summed E-state index contributed by atoms with van der Waals surface area (Å²) < 4.78 is 47.5. The molecule has 3 aliphatic heterocycles. The number of carbonyl (C=O) groups is 1. The Bertz CT molecular complexity index is 2040. The molecule has 0 N–H and O–H groups in total. The maximum Gasteiger partial charge on any atom is 0.281 e. The molecule has 17 heteroatoms. The van der Waals surface area contributed by atoms with Crippen LogP contribution < -0.4 is 9.47 Å². The molecule has 1 amide bonds. The fraction of sp³-hybridized carbons (Fsp3) is 0.455. The van der Waals surface area contributed by atoms with Gasteiger partial charge in [0.25, 0.3) is 20.4 Å². The molecule has 3 aromatic carbocycles. The molecule has 3 heterocycles. The van der Waals surface area contributed by atoms with Crippen LogP contribution in [-0.4, -0.2) is 136 Å². The third-order valence-corrected chi connectivity index (χ3v) is 12.4. The Morgan fingerprint density at radius 3 is 2.05 bits per heavy atom. The molecule has 0 aliphatic carbocycles. The minimum Gasteiger partial charge on any atom is -0.497 e. The summed E-state index contributed by atoms with van der Waals surface area (Å²) >= 11 is 0. The quantitative estimate of drug-likeness (QED) is 0.0454. The van der Waals surface area contributed by atoms with Crippen LogP contribution in [0.25, 0.3) is 0 Å². The third kappa shape index (κ3) is 10.0. The molecule has 1 saturated heterocycles. The van der Waals surface area contributed by atoms with E-state index in [0.717, 1.165) is 16.7 Å². The van der Waals surface area contributed by atoms with Crippen molar-refractivity contribution < 1.29 is 37.5 Å². The van der Waals surface area contributed by atoms with Crippen molar-refractivity contribution in [3.05, 3.63) is 95.6 Å². The van der Waals surface area contributed by atoms with Crippen LogP contribution in [0.1, 0.15) is 50.8 Å². The van der Waals surface area contributed by atoms with Crippen molar-refractivity contribution in [2.45, 2.75) is 82.4 Å². The number of aliphatic imine (C=N–C) groups is 4. The lowest BCUT2D eigenvalue weighted by Crippen LogP contribution is -2.49. The molecule has 6 unspecified atom stereocenters. The average molecular weight is 855 g/mol. The van der Waals surface area contributed by atoms with Crippen molar-refractivity contribution in [3.63, 3.8) is 0 Å². The van der Waals surface area contributed by atoms with E-state index in [4.69, 9.17) is 32.7 Å². The number of rotatable bonds is 19. The van der Waals surface area contributed by atoms with E-state index in [-0.39, 0.29) is 37.7 Å². The Hall–Kier alpha value is -5.11. The summed E-state index contributed by atoms with van der Waals surface area (Å²) in [5, 5.41) is 9.46. The number of methoxy groups -OCH3 is 3. The number of ether oxygens (including phenoxy) is 5. The highest BCUT2D eigenvalue weighted by Gasteiger charge is 2.54.